The number of para-hydroxylation sites is 1. The molecule has 78 valence electrons. The second-order valence-electron chi connectivity index (χ2n) is 2.68. The van der Waals surface area contributed by atoms with E-state index in [1.807, 2.05) is 24.3 Å². The van der Waals surface area contributed by atoms with Crippen LogP contribution < -0.4 is 4.74 Å². The molecule has 0 aliphatic rings. The zero-order valence-corrected chi connectivity index (χ0v) is 8.47. The van der Waals surface area contributed by atoms with Crippen LogP contribution in [0.3, 0.4) is 0 Å². The van der Waals surface area contributed by atoms with Gasteiger partial charge in [0.25, 0.3) is 0 Å². The second kappa shape index (κ2) is 5.65. The number of methoxy groups -OCH3 is 1. The van der Waals surface area contributed by atoms with Crippen molar-refractivity contribution in [1.29, 1.82) is 0 Å². The fraction of sp³-hybridized carbons (Fsp3) is 0.0833. The summed E-state index contributed by atoms with van der Waals surface area (Å²) in [6, 6.07) is 7.38. The van der Waals surface area contributed by atoms with Gasteiger partial charge in [0.2, 0.25) is 0 Å². The van der Waals surface area contributed by atoms with E-state index in [-0.39, 0.29) is 0 Å². The van der Waals surface area contributed by atoms with E-state index >= 15 is 0 Å². The number of carbonyl (C=O) groups excluding carboxylic acids is 1. The van der Waals surface area contributed by atoms with Crippen molar-refractivity contribution in [2.75, 3.05) is 7.11 Å². The SMILES string of the molecule is C=COC(=O)C=Cc1ccccc1OC. The minimum Gasteiger partial charge on any atom is -0.496 e. The van der Waals surface area contributed by atoms with Crippen LogP contribution in [0, 0.1) is 0 Å². The van der Waals surface area contributed by atoms with Gasteiger partial charge in [0, 0.05) is 11.6 Å². The van der Waals surface area contributed by atoms with Crippen LogP contribution in [0.25, 0.3) is 6.08 Å². The summed E-state index contributed by atoms with van der Waals surface area (Å²) in [6.45, 7) is 3.29. The molecule has 0 aliphatic carbocycles. The molecule has 0 unspecified atom stereocenters. The van der Waals surface area contributed by atoms with Gasteiger partial charge in [-0.15, -0.1) is 0 Å². The first-order chi connectivity index (χ1) is 7.27. The van der Waals surface area contributed by atoms with Crippen molar-refractivity contribution < 1.29 is 14.3 Å². The molecule has 0 fully saturated rings. The maximum absolute atomic E-state index is 11.0. The molecular formula is C12H12O3. The summed E-state index contributed by atoms with van der Waals surface area (Å²) in [5.74, 6) is 0.246. The maximum Gasteiger partial charge on any atom is 0.335 e. The molecule has 0 saturated carbocycles. The number of hydrogen-bond donors (Lipinski definition) is 0. The Bertz CT molecular complexity index is 380. The number of esters is 1. The number of hydrogen-bond acceptors (Lipinski definition) is 3. The third kappa shape index (κ3) is 3.31. The summed E-state index contributed by atoms with van der Waals surface area (Å²) >= 11 is 0. The summed E-state index contributed by atoms with van der Waals surface area (Å²) < 4.78 is 9.65. The Balaban J connectivity index is 2.79. The molecule has 3 heteroatoms. The molecule has 0 saturated heterocycles. The van der Waals surface area contributed by atoms with Crippen LogP contribution in [0.1, 0.15) is 5.56 Å². The Morgan fingerprint density at radius 1 is 1.40 bits per heavy atom. The largest absolute Gasteiger partial charge is 0.496 e. The first-order valence-electron chi connectivity index (χ1n) is 4.40. The molecule has 1 rings (SSSR count). The van der Waals surface area contributed by atoms with Crippen molar-refractivity contribution in [2.24, 2.45) is 0 Å². The van der Waals surface area contributed by atoms with Gasteiger partial charge in [0.05, 0.1) is 13.4 Å². The summed E-state index contributed by atoms with van der Waals surface area (Å²) in [5, 5.41) is 0. The van der Waals surface area contributed by atoms with Crippen molar-refractivity contribution in [3.05, 3.63) is 48.7 Å². The lowest BCUT2D eigenvalue weighted by Crippen LogP contribution is -1.93. The Morgan fingerprint density at radius 2 is 2.13 bits per heavy atom. The number of benzene rings is 1. The van der Waals surface area contributed by atoms with Crippen molar-refractivity contribution >= 4 is 12.0 Å². The normalized spacial score (nSPS) is 9.93. The van der Waals surface area contributed by atoms with Crippen LogP contribution in [0.15, 0.2) is 43.2 Å². The van der Waals surface area contributed by atoms with Crippen molar-refractivity contribution in [2.45, 2.75) is 0 Å². The Morgan fingerprint density at radius 3 is 2.80 bits per heavy atom. The highest BCUT2D eigenvalue weighted by molar-refractivity contribution is 5.87. The van der Waals surface area contributed by atoms with E-state index in [4.69, 9.17) is 4.74 Å². The third-order valence-electron chi connectivity index (χ3n) is 1.74. The predicted molar refractivity (Wildman–Crippen MR) is 58.3 cm³/mol. The van der Waals surface area contributed by atoms with Gasteiger partial charge in [0.1, 0.15) is 5.75 Å². The minimum atomic E-state index is -0.462. The van der Waals surface area contributed by atoms with E-state index in [0.717, 1.165) is 11.8 Å². The molecule has 0 amide bonds. The van der Waals surface area contributed by atoms with Gasteiger partial charge in [-0.3, -0.25) is 0 Å². The highest BCUT2D eigenvalue weighted by Crippen LogP contribution is 2.18. The maximum atomic E-state index is 11.0. The van der Waals surface area contributed by atoms with Crippen LogP contribution in [-0.2, 0) is 9.53 Å². The lowest BCUT2D eigenvalue weighted by Gasteiger charge is -2.02. The zero-order chi connectivity index (χ0) is 11.1. The van der Waals surface area contributed by atoms with Crippen molar-refractivity contribution in [1.82, 2.24) is 0 Å². The Kier molecular flexibility index (Phi) is 4.16. The zero-order valence-electron chi connectivity index (χ0n) is 8.47. The van der Waals surface area contributed by atoms with Gasteiger partial charge in [-0.2, -0.15) is 0 Å². The number of rotatable bonds is 4. The van der Waals surface area contributed by atoms with Crippen LogP contribution in [-0.4, -0.2) is 13.1 Å². The molecule has 0 aromatic heterocycles. The number of carbonyl (C=O) groups is 1. The topological polar surface area (TPSA) is 35.5 Å². The summed E-state index contributed by atoms with van der Waals surface area (Å²) in [7, 11) is 1.58. The molecule has 1 aromatic rings. The Hall–Kier alpha value is -2.03. The van der Waals surface area contributed by atoms with E-state index in [1.54, 1.807) is 13.2 Å². The first kappa shape index (κ1) is 11.0. The monoisotopic (exact) mass is 204 g/mol. The van der Waals surface area contributed by atoms with Crippen molar-refractivity contribution in [3.8, 4) is 5.75 Å². The molecule has 0 spiro atoms. The van der Waals surface area contributed by atoms with Gasteiger partial charge >= 0.3 is 5.97 Å². The summed E-state index contributed by atoms with van der Waals surface area (Å²) in [5.41, 5.74) is 0.820. The standard InChI is InChI=1S/C12H12O3/c1-3-15-12(13)9-8-10-6-4-5-7-11(10)14-2/h3-9H,1H2,2H3. The van der Waals surface area contributed by atoms with E-state index in [9.17, 15) is 4.79 Å². The fourth-order valence-electron chi connectivity index (χ4n) is 1.08. The lowest BCUT2D eigenvalue weighted by molar-refractivity contribution is -0.132. The molecule has 0 bridgehead atoms. The minimum absolute atomic E-state index is 0.462. The molecule has 0 aliphatic heterocycles. The molecule has 0 N–H and O–H groups in total. The van der Waals surface area contributed by atoms with Gasteiger partial charge in [-0.05, 0) is 12.1 Å². The molecule has 0 radical (unpaired) electrons. The van der Waals surface area contributed by atoms with Gasteiger partial charge in [-0.25, -0.2) is 4.79 Å². The van der Waals surface area contributed by atoms with E-state index in [1.165, 1.54) is 6.08 Å². The van der Waals surface area contributed by atoms with E-state index in [0.29, 0.717) is 5.75 Å². The lowest BCUT2D eigenvalue weighted by atomic mass is 10.2. The molecule has 3 nitrogen and oxygen atoms in total. The number of ether oxygens (including phenoxy) is 2. The Labute approximate surface area is 88.6 Å². The highest BCUT2D eigenvalue weighted by atomic mass is 16.5. The molecule has 1 aromatic carbocycles. The van der Waals surface area contributed by atoms with Gasteiger partial charge < -0.3 is 9.47 Å². The fourth-order valence-corrected chi connectivity index (χ4v) is 1.08. The van der Waals surface area contributed by atoms with Crippen LogP contribution in [0.5, 0.6) is 5.75 Å². The van der Waals surface area contributed by atoms with Gasteiger partial charge in [0.15, 0.2) is 0 Å². The quantitative estimate of drug-likeness (QED) is 0.429. The molecule has 0 atom stereocenters. The van der Waals surface area contributed by atoms with Crippen LogP contribution in [0.2, 0.25) is 0 Å². The van der Waals surface area contributed by atoms with Crippen molar-refractivity contribution in [3.63, 3.8) is 0 Å². The highest BCUT2D eigenvalue weighted by Gasteiger charge is 1.98. The summed E-state index contributed by atoms with van der Waals surface area (Å²) in [4.78, 5) is 11.0. The average molecular weight is 204 g/mol. The van der Waals surface area contributed by atoms with Crippen LogP contribution in [0.4, 0.5) is 0 Å². The smallest absolute Gasteiger partial charge is 0.335 e. The van der Waals surface area contributed by atoms with E-state index < -0.39 is 5.97 Å². The predicted octanol–water partition coefficient (Wildman–Crippen LogP) is 2.40. The van der Waals surface area contributed by atoms with Gasteiger partial charge in [-0.1, -0.05) is 24.8 Å². The molecule has 15 heavy (non-hydrogen) atoms. The average Bonchev–Trinajstić information content (AvgIpc) is 2.27. The van der Waals surface area contributed by atoms with Crippen LogP contribution >= 0.6 is 0 Å². The molecular weight excluding hydrogens is 192 g/mol. The molecule has 0 heterocycles. The summed E-state index contributed by atoms with van der Waals surface area (Å²) in [6.07, 6.45) is 4.04. The van der Waals surface area contributed by atoms with E-state index in [2.05, 4.69) is 11.3 Å². The second-order valence-corrected chi connectivity index (χ2v) is 2.68. The first-order valence-corrected chi connectivity index (χ1v) is 4.40. The third-order valence-corrected chi connectivity index (χ3v) is 1.74.